The Hall–Kier alpha value is -1.02. The minimum Gasteiger partial charge on any atom is -0.496 e. The van der Waals surface area contributed by atoms with Crippen molar-refractivity contribution >= 4 is 0 Å². The van der Waals surface area contributed by atoms with Crippen molar-refractivity contribution < 1.29 is 4.74 Å². The maximum atomic E-state index is 5.44. The van der Waals surface area contributed by atoms with Crippen molar-refractivity contribution in [2.45, 2.75) is 26.2 Å². The minimum atomic E-state index is 0.520. The van der Waals surface area contributed by atoms with Crippen LogP contribution in [0.1, 0.15) is 31.7 Å². The van der Waals surface area contributed by atoms with Gasteiger partial charge in [-0.25, -0.2) is 0 Å². The zero-order chi connectivity index (χ0) is 12.0. The highest BCUT2D eigenvalue weighted by molar-refractivity contribution is 5.36. The molecule has 0 aliphatic rings. The molecule has 1 N–H and O–H groups in total. The van der Waals surface area contributed by atoms with E-state index in [2.05, 4.69) is 31.3 Å². The second-order valence-electron chi connectivity index (χ2n) is 4.29. The molecule has 90 valence electrons. The molecule has 2 nitrogen and oxygen atoms in total. The molecule has 2 atom stereocenters. The molecule has 0 saturated heterocycles. The molecule has 1 aromatic rings. The largest absolute Gasteiger partial charge is 0.496 e. The molecule has 0 fully saturated rings. The van der Waals surface area contributed by atoms with Gasteiger partial charge in [0.05, 0.1) is 7.11 Å². The van der Waals surface area contributed by atoms with Crippen LogP contribution in [0.2, 0.25) is 0 Å². The van der Waals surface area contributed by atoms with E-state index in [1.54, 1.807) is 7.11 Å². The number of benzene rings is 1. The van der Waals surface area contributed by atoms with Crippen molar-refractivity contribution in [3.63, 3.8) is 0 Å². The number of hydrogen-bond donors (Lipinski definition) is 1. The summed E-state index contributed by atoms with van der Waals surface area (Å²) in [6.07, 6.45) is 1.18. The van der Waals surface area contributed by atoms with Gasteiger partial charge in [0.25, 0.3) is 0 Å². The first-order valence-electron chi connectivity index (χ1n) is 6.02. The molecule has 0 amide bonds. The van der Waals surface area contributed by atoms with Crippen molar-refractivity contribution in [1.29, 1.82) is 0 Å². The lowest BCUT2D eigenvalue weighted by Crippen LogP contribution is -2.23. The summed E-state index contributed by atoms with van der Waals surface area (Å²) in [6.45, 7) is 5.53. The van der Waals surface area contributed by atoms with E-state index < -0.39 is 0 Å². The lowest BCUT2D eigenvalue weighted by Gasteiger charge is -2.24. The van der Waals surface area contributed by atoms with Gasteiger partial charge in [0.15, 0.2) is 0 Å². The highest BCUT2D eigenvalue weighted by Gasteiger charge is 2.20. The Morgan fingerprint density at radius 1 is 1.31 bits per heavy atom. The van der Waals surface area contributed by atoms with E-state index in [1.807, 2.05) is 19.2 Å². The number of nitrogens with one attached hydrogen (secondary N) is 1. The summed E-state index contributed by atoms with van der Waals surface area (Å²) in [5.74, 6) is 2.18. The first kappa shape index (κ1) is 13.0. The van der Waals surface area contributed by atoms with Crippen LogP contribution in [0.25, 0.3) is 0 Å². The van der Waals surface area contributed by atoms with E-state index in [-0.39, 0.29) is 0 Å². The van der Waals surface area contributed by atoms with Gasteiger partial charge < -0.3 is 10.1 Å². The first-order chi connectivity index (χ1) is 7.74. The maximum Gasteiger partial charge on any atom is 0.122 e. The maximum absolute atomic E-state index is 5.44. The van der Waals surface area contributed by atoms with E-state index in [4.69, 9.17) is 4.74 Å². The standard InChI is InChI=1S/C14H23NO/c1-5-11(2)13(10-15-3)12-8-6-7-9-14(12)16-4/h6-9,11,13,15H,5,10H2,1-4H3. The number of methoxy groups -OCH3 is 1. The van der Waals surface area contributed by atoms with Crippen LogP contribution in [0.4, 0.5) is 0 Å². The van der Waals surface area contributed by atoms with Crippen LogP contribution in [0.15, 0.2) is 24.3 Å². The van der Waals surface area contributed by atoms with E-state index in [9.17, 15) is 0 Å². The molecule has 0 heterocycles. The minimum absolute atomic E-state index is 0.520. The highest BCUT2D eigenvalue weighted by atomic mass is 16.5. The Morgan fingerprint density at radius 3 is 2.56 bits per heavy atom. The van der Waals surface area contributed by atoms with E-state index in [1.165, 1.54) is 12.0 Å². The third-order valence-electron chi connectivity index (χ3n) is 3.29. The van der Waals surface area contributed by atoms with Crippen molar-refractivity contribution in [2.75, 3.05) is 20.7 Å². The highest BCUT2D eigenvalue weighted by Crippen LogP contribution is 2.32. The molecule has 0 aliphatic heterocycles. The summed E-state index contributed by atoms with van der Waals surface area (Å²) in [5.41, 5.74) is 1.31. The summed E-state index contributed by atoms with van der Waals surface area (Å²) in [5, 5.41) is 3.28. The number of rotatable bonds is 6. The third-order valence-corrected chi connectivity index (χ3v) is 3.29. The number of hydrogen-bond acceptors (Lipinski definition) is 2. The van der Waals surface area contributed by atoms with Gasteiger partial charge in [-0.15, -0.1) is 0 Å². The topological polar surface area (TPSA) is 21.3 Å². The molecule has 0 spiro atoms. The van der Waals surface area contributed by atoms with E-state index in [0.29, 0.717) is 11.8 Å². The lowest BCUT2D eigenvalue weighted by atomic mass is 9.85. The van der Waals surface area contributed by atoms with Gasteiger partial charge >= 0.3 is 0 Å². The zero-order valence-electron chi connectivity index (χ0n) is 10.8. The molecule has 2 heteroatoms. The fraction of sp³-hybridized carbons (Fsp3) is 0.571. The molecule has 1 aromatic carbocycles. The predicted molar refractivity (Wildman–Crippen MR) is 69.1 cm³/mol. The van der Waals surface area contributed by atoms with Crippen LogP contribution < -0.4 is 10.1 Å². The van der Waals surface area contributed by atoms with Gasteiger partial charge in [0.1, 0.15) is 5.75 Å². The van der Waals surface area contributed by atoms with E-state index >= 15 is 0 Å². The Bertz CT molecular complexity index is 311. The zero-order valence-corrected chi connectivity index (χ0v) is 10.8. The molecular formula is C14H23NO. The molecule has 0 saturated carbocycles. The molecule has 0 aliphatic carbocycles. The van der Waals surface area contributed by atoms with Gasteiger partial charge in [-0.3, -0.25) is 0 Å². The SMILES string of the molecule is CCC(C)C(CNC)c1ccccc1OC. The van der Waals surface area contributed by atoms with Gasteiger partial charge in [-0.05, 0) is 24.6 Å². The van der Waals surface area contributed by atoms with Crippen LogP contribution >= 0.6 is 0 Å². The average molecular weight is 221 g/mol. The van der Waals surface area contributed by atoms with Crippen molar-refractivity contribution in [3.8, 4) is 5.75 Å². The Kier molecular flexibility index (Phi) is 5.33. The molecule has 0 bridgehead atoms. The molecule has 0 radical (unpaired) electrons. The van der Waals surface area contributed by atoms with Crippen LogP contribution in [0.3, 0.4) is 0 Å². The predicted octanol–water partition coefficient (Wildman–Crippen LogP) is 3.04. The van der Waals surface area contributed by atoms with Gasteiger partial charge in [-0.1, -0.05) is 38.5 Å². The van der Waals surface area contributed by atoms with Crippen molar-refractivity contribution in [3.05, 3.63) is 29.8 Å². The van der Waals surface area contributed by atoms with Gasteiger partial charge in [0, 0.05) is 12.5 Å². The molecule has 1 rings (SSSR count). The molecule has 16 heavy (non-hydrogen) atoms. The fourth-order valence-corrected chi connectivity index (χ4v) is 2.09. The van der Waals surface area contributed by atoms with Crippen molar-refractivity contribution in [2.24, 2.45) is 5.92 Å². The summed E-state index contributed by atoms with van der Waals surface area (Å²) >= 11 is 0. The number of ether oxygens (including phenoxy) is 1. The lowest BCUT2D eigenvalue weighted by molar-refractivity contribution is 0.381. The summed E-state index contributed by atoms with van der Waals surface area (Å²) in [7, 11) is 3.75. The summed E-state index contributed by atoms with van der Waals surface area (Å²) in [4.78, 5) is 0. The number of likely N-dealkylation sites (N-methyl/N-ethyl adjacent to an activating group) is 1. The van der Waals surface area contributed by atoms with Crippen molar-refractivity contribution in [1.82, 2.24) is 5.32 Å². The Labute approximate surface area is 99.0 Å². The Balaban J connectivity index is 2.99. The monoisotopic (exact) mass is 221 g/mol. The second-order valence-corrected chi connectivity index (χ2v) is 4.29. The quantitative estimate of drug-likeness (QED) is 0.797. The average Bonchev–Trinajstić information content (AvgIpc) is 2.35. The van der Waals surface area contributed by atoms with Crippen LogP contribution in [0, 0.1) is 5.92 Å². The van der Waals surface area contributed by atoms with Gasteiger partial charge in [-0.2, -0.15) is 0 Å². The van der Waals surface area contributed by atoms with Crippen LogP contribution in [0.5, 0.6) is 5.75 Å². The van der Waals surface area contributed by atoms with Crippen LogP contribution in [-0.2, 0) is 0 Å². The van der Waals surface area contributed by atoms with Crippen LogP contribution in [-0.4, -0.2) is 20.7 Å². The molecular weight excluding hydrogens is 198 g/mol. The molecule has 0 aromatic heterocycles. The normalized spacial score (nSPS) is 14.5. The summed E-state index contributed by atoms with van der Waals surface area (Å²) in [6, 6.07) is 8.33. The number of para-hydroxylation sites is 1. The Morgan fingerprint density at radius 2 is 2.00 bits per heavy atom. The fourth-order valence-electron chi connectivity index (χ4n) is 2.09. The first-order valence-corrected chi connectivity index (χ1v) is 6.02. The summed E-state index contributed by atoms with van der Waals surface area (Å²) < 4.78 is 5.44. The molecule has 2 unspecified atom stereocenters. The third kappa shape index (κ3) is 2.99. The van der Waals surface area contributed by atoms with Gasteiger partial charge in [0.2, 0.25) is 0 Å². The smallest absolute Gasteiger partial charge is 0.122 e. The second kappa shape index (κ2) is 6.54. The van der Waals surface area contributed by atoms with E-state index in [0.717, 1.165) is 12.3 Å².